The monoisotopic (exact) mass is 813 g/mol. The van der Waals surface area contributed by atoms with Gasteiger partial charge in [0.1, 0.15) is 23.7 Å². The Kier molecular flexibility index (Phi) is 12.2. The number of aromatic nitrogens is 4. The van der Waals surface area contributed by atoms with Crippen LogP contribution in [0.5, 0.6) is 0 Å². The summed E-state index contributed by atoms with van der Waals surface area (Å²) in [7, 11) is 2.54. The Bertz CT molecular complexity index is 2410. The number of hydrogen-bond donors (Lipinski definition) is 4. The number of H-pyrrole nitrogens is 2. The standard InChI is InChI=1S/C45H51N9O6/c1-25(2)38(51-44(57)59-5)42(55)53-17-7-8-36(53)40-47-23-35(50-40)33-16-15-31-19-30(13-14-32(31)20-33)28-9-11-29(12-10-28)34-22-48-41(49-34)37-18-27(21-46)24-54(37)43(56)39(26(3)4)52-45(58)60-6/h9-16,19-20,22-23,25-27,36-39H,7-8,17-18,24H2,1-6H3,(H,47,50)(H,48,49)(H,51,57)(H,52,58)/t27-,36?,37+,38+,39+/m1/s1. The Morgan fingerprint density at radius 3 is 1.78 bits per heavy atom. The second kappa shape index (κ2) is 17.7. The minimum absolute atomic E-state index is 0.114. The van der Waals surface area contributed by atoms with E-state index in [9.17, 15) is 24.4 Å². The van der Waals surface area contributed by atoms with Gasteiger partial charge in [-0.15, -0.1) is 0 Å². The second-order valence-electron chi connectivity index (χ2n) is 16.2. The maximum atomic E-state index is 13.7. The van der Waals surface area contributed by atoms with Crippen LogP contribution < -0.4 is 10.6 Å². The van der Waals surface area contributed by atoms with Gasteiger partial charge in [0.05, 0.1) is 62.1 Å². The summed E-state index contributed by atoms with van der Waals surface area (Å²) < 4.78 is 9.52. The number of rotatable bonds is 11. The quantitative estimate of drug-likeness (QED) is 0.107. The van der Waals surface area contributed by atoms with Crippen molar-refractivity contribution in [2.75, 3.05) is 27.3 Å². The molecule has 7 rings (SSSR count). The van der Waals surface area contributed by atoms with Gasteiger partial charge in [0.2, 0.25) is 11.8 Å². The van der Waals surface area contributed by atoms with Crippen LogP contribution in [0.2, 0.25) is 0 Å². The van der Waals surface area contributed by atoms with Crippen LogP contribution in [-0.4, -0.2) is 93.1 Å². The van der Waals surface area contributed by atoms with Crippen molar-refractivity contribution in [3.05, 3.63) is 84.7 Å². The summed E-state index contributed by atoms with van der Waals surface area (Å²) >= 11 is 0. The van der Waals surface area contributed by atoms with Crippen LogP contribution in [0.25, 0.3) is 44.4 Å². The van der Waals surface area contributed by atoms with Crippen molar-refractivity contribution in [1.82, 2.24) is 40.4 Å². The summed E-state index contributed by atoms with van der Waals surface area (Å²) in [6, 6.07) is 20.9. The summed E-state index contributed by atoms with van der Waals surface area (Å²) in [5, 5.41) is 17.2. The number of likely N-dealkylation sites (tertiary alicyclic amines) is 2. The summed E-state index contributed by atoms with van der Waals surface area (Å²) in [6.45, 7) is 8.33. The number of alkyl carbamates (subject to hydrolysis) is 2. The fraction of sp³-hybridized carbons (Fsp3) is 0.400. The predicted molar refractivity (Wildman–Crippen MR) is 225 cm³/mol. The normalized spacial score (nSPS) is 18.7. The molecule has 15 nitrogen and oxygen atoms in total. The molecule has 0 aliphatic carbocycles. The van der Waals surface area contributed by atoms with E-state index in [0.717, 1.165) is 63.1 Å². The molecule has 2 fully saturated rings. The van der Waals surface area contributed by atoms with Gasteiger partial charge in [-0.25, -0.2) is 19.6 Å². The minimum Gasteiger partial charge on any atom is -0.453 e. The van der Waals surface area contributed by atoms with Crippen LogP contribution in [-0.2, 0) is 19.1 Å². The minimum atomic E-state index is -0.808. The lowest BCUT2D eigenvalue weighted by Crippen LogP contribution is -2.51. The van der Waals surface area contributed by atoms with E-state index in [2.05, 4.69) is 80.2 Å². The molecule has 312 valence electrons. The number of nitrogens with zero attached hydrogens (tertiary/aromatic N) is 5. The third-order valence-corrected chi connectivity index (χ3v) is 11.6. The Balaban J connectivity index is 1.04. The van der Waals surface area contributed by atoms with Gasteiger partial charge >= 0.3 is 12.2 Å². The summed E-state index contributed by atoms with van der Waals surface area (Å²) in [5.74, 6) is 0.203. The molecule has 4 N–H and O–H groups in total. The number of nitrogens with one attached hydrogen (secondary N) is 4. The third-order valence-electron chi connectivity index (χ3n) is 11.6. The number of methoxy groups -OCH3 is 2. The van der Waals surface area contributed by atoms with Gasteiger partial charge in [-0.1, -0.05) is 76.2 Å². The number of fused-ring (bicyclic) bond motifs is 1. The van der Waals surface area contributed by atoms with Crippen LogP contribution in [0.15, 0.2) is 73.1 Å². The van der Waals surface area contributed by atoms with E-state index in [0.29, 0.717) is 18.8 Å². The molecule has 0 bridgehead atoms. The fourth-order valence-electron chi connectivity index (χ4n) is 8.24. The molecule has 4 heterocycles. The highest BCUT2D eigenvalue weighted by atomic mass is 16.5. The average molecular weight is 814 g/mol. The van der Waals surface area contributed by atoms with Gasteiger partial charge in [0.15, 0.2) is 0 Å². The van der Waals surface area contributed by atoms with Gasteiger partial charge in [-0.05, 0) is 70.7 Å². The molecule has 1 unspecified atom stereocenters. The fourth-order valence-corrected chi connectivity index (χ4v) is 8.24. The molecule has 5 atom stereocenters. The molecular weight excluding hydrogens is 763 g/mol. The Morgan fingerprint density at radius 2 is 1.22 bits per heavy atom. The zero-order valence-corrected chi connectivity index (χ0v) is 34.7. The smallest absolute Gasteiger partial charge is 0.407 e. The molecule has 3 aromatic carbocycles. The number of aromatic amines is 2. The first-order valence-electron chi connectivity index (χ1n) is 20.3. The first kappa shape index (κ1) is 41.5. The van der Waals surface area contributed by atoms with Gasteiger partial charge in [0.25, 0.3) is 0 Å². The number of carbonyl (C=O) groups excluding carboxylic acids is 4. The molecule has 2 aliphatic rings. The highest BCUT2D eigenvalue weighted by Gasteiger charge is 2.42. The highest BCUT2D eigenvalue weighted by molar-refractivity contribution is 5.91. The number of hydrogen-bond acceptors (Lipinski definition) is 9. The Morgan fingerprint density at radius 1 is 0.717 bits per heavy atom. The lowest BCUT2D eigenvalue weighted by Gasteiger charge is -2.30. The first-order valence-corrected chi connectivity index (χ1v) is 20.3. The lowest BCUT2D eigenvalue weighted by atomic mass is 9.98. The van der Waals surface area contributed by atoms with Gasteiger partial charge in [-0.3, -0.25) is 9.59 Å². The highest BCUT2D eigenvalue weighted by Crippen LogP contribution is 2.37. The third kappa shape index (κ3) is 8.54. The van der Waals surface area contributed by atoms with Crippen LogP contribution in [0.1, 0.15) is 70.7 Å². The topological polar surface area (TPSA) is 198 Å². The zero-order valence-electron chi connectivity index (χ0n) is 34.7. The van der Waals surface area contributed by atoms with Gasteiger partial charge < -0.3 is 39.9 Å². The lowest BCUT2D eigenvalue weighted by molar-refractivity contribution is -0.136. The van der Waals surface area contributed by atoms with Crippen molar-refractivity contribution in [1.29, 1.82) is 5.26 Å². The van der Waals surface area contributed by atoms with Crippen molar-refractivity contribution >= 4 is 34.8 Å². The van der Waals surface area contributed by atoms with Crippen LogP contribution in [0.3, 0.4) is 0 Å². The van der Waals surface area contributed by atoms with Crippen molar-refractivity contribution in [3.8, 4) is 39.7 Å². The van der Waals surface area contributed by atoms with E-state index in [1.165, 1.54) is 14.2 Å². The largest absolute Gasteiger partial charge is 0.453 e. The van der Waals surface area contributed by atoms with Gasteiger partial charge in [0, 0.05) is 18.7 Å². The van der Waals surface area contributed by atoms with E-state index in [-0.39, 0.29) is 42.2 Å². The number of imidazole rings is 2. The van der Waals surface area contributed by atoms with E-state index < -0.39 is 30.3 Å². The van der Waals surface area contributed by atoms with Crippen LogP contribution in [0.4, 0.5) is 9.59 Å². The van der Waals surface area contributed by atoms with Gasteiger partial charge in [-0.2, -0.15) is 5.26 Å². The molecule has 0 radical (unpaired) electrons. The van der Waals surface area contributed by atoms with Crippen molar-refractivity contribution in [2.24, 2.45) is 17.8 Å². The number of carbonyl (C=O) groups is 4. The number of ether oxygens (including phenoxy) is 2. The number of nitriles is 1. The molecule has 2 aromatic heterocycles. The van der Waals surface area contributed by atoms with Crippen molar-refractivity contribution in [3.63, 3.8) is 0 Å². The molecule has 4 amide bonds. The maximum Gasteiger partial charge on any atom is 0.407 e. The summed E-state index contributed by atoms with van der Waals surface area (Å²) in [6.07, 6.45) is 4.28. The summed E-state index contributed by atoms with van der Waals surface area (Å²) in [4.78, 5) is 71.0. The maximum absolute atomic E-state index is 13.7. The molecule has 0 saturated carbocycles. The first-order chi connectivity index (χ1) is 28.9. The van der Waals surface area contributed by atoms with E-state index >= 15 is 0 Å². The second-order valence-corrected chi connectivity index (χ2v) is 16.2. The zero-order chi connectivity index (χ0) is 42.7. The van der Waals surface area contributed by atoms with Crippen molar-refractivity contribution in [2.45, 2.75) is 71.1 Å². The SMILES string of the molecule is COC(=O)N[C@H](C(=O)N1CCCC1c1ncc(-c2ccc3cc(-c4ccc(-c5cnc([C@@H]6C[C@H](C#N)CN6C(=O)[C@@H](NC(=O)OC)C(C)C)[nH]5)cc4)ccc3c2)[nH]1)C(C)C. The predicted octanol–water partition coefficient (Wildman–Crippen LogP) is 7.12. The molecule has 2 aliphatic heterocycles. The molecule has 15 heteroatoms. The molecular formula is C45H51N9O6. The molecule has 0 spiro atoms. The van der Waals surface area contributed by atoms with Crippen LogP contribution in [0, 0.1) is 29.1 Å². The van der Waals surface area contributed by atoms with E-state index in [1.54, 1.807) is 16.0 Å². The molecule has 5 aromatic rings. The Hall–Kier alpha value is -6.69. The van der Waals surface area contributed by atoms with E-state index in [4.69, 9.17) is 14.5 Å². The number of benzene rings is 3. The van der Waals surface area contributed by atoms with Crippen LogP contribution >= 0.6 is 0 Å². The average Bonchev–Trinajstić information content (AvgIpc) is 4.10. The van der Waals surface area contributed by atoms with E-state index in [1.807, 2.05) is 46.0 Å². The summed E-state index contributed by atoms with van der Waals surface area (Å²) in [5.41, 5.74) is 5.64. The Labute approximate surface area is 348 Å². The molecule has 60 heavy (non-hydrogen) atoms. The van der Waals surface area contributed by atoms with Crippen molar-refractivity contribution < 1.29 is 28.7 Å². The molecule has 2 saturated heterocycles. The number of amides is 4.